The molecule has 0 radical (unpaired) electrons. The lowest BCUT2D eigenvalue weighted by atomic mass is 9.80. The summed E-state index contributed by atoms with van der Waals surface area (Å²) in [4.78, 5) is 20.4. The Kier molecular flexibility index (Phi) is 12.4. The van der Waals surface area contributed by atoms with Crippen LogP contribution in [0.3, 0.4) is 0 Å². The highest BCUT2D eigenvalue weighted by atomic mass is 16.7. The summed E-state index contributed by atoms with van der Waals surface area (Å²) < 4.78 is 21.9. The number of aliphatic imine (C=N–C) groups is 1. The number of pyridine rings is 1. The zero-order valence-electron chi connectivity index (χ0n) is 32.5. The molecule has 5 heterocycles. The van der Waals surface area contributed by atoms with Crippen molar-refractivity contribution in [1.29, 1.82) is 0 Å². The number of aromatic nitrogens is 5. The quantitative estimate of drug-likeness (QED) is 0.0931. The first-order valence-corrected chi connectivity index (χ1v) is 20.0. The Morgan fingerprint density at radius 2 is 1.87 bits per heavy atom. The normalized spacial score (nSPS) is 21.1. The number of ether oxygens (including phenoxy) is 3. The van der Waals surface area contributed by atoms with Crippen LogP contribution in [0.1, 0.15) is 102 Å². The number of anilines is 1. The van der Waals surface area contributed by atoms with Gasteiger partial charge in [0.25, 0.3) is 0 Å². The second kappa shape index (κ2) is 17.8. The van der Waals surface area contributed by atoms with Gasteiger partial charge in [-0.15, -0.1) is 15.2 Å². The number of hydrogen-bond acceptors (Lipinski definition) is 9. The number of carbonyl (C=O) groups is 1. The van der Waals surface area contributed by atoms with Crippen LogP contribution in [0, 0.1) is 5.41 Å². The number of piperidine rings is 1. The highest BCUT2D eigenvalue weighted by molar-refractivity contribution is 5.96. The molecule has 7 rings (SSSR count). The first-order chi connectivity index (χ1) is 26.7. The maximum absolute atomic E-state index is 13.6. The molecule has 3 aromatic heterocycles. The molecule has 1 aromatic carbocycles. The van der Waals surface area contributed by atoms with E-state index in [9.17, 15) is 4.79 Å². The third kappa shape index (κ3) is 10.1. The standard InChI is InChI=1S/C41H56N10O4/c1-41(2,3)35(42)24-36(44-30-25-43-50(26-30)21-11-23-54-38-14-7-10-22-53-38)46-39(52)45-34-17-15-29(32-12-5-6-13-33(32)34)28-55-31-16-18-37-47-48-40(51(37)27-31)49-19-8-4-9-20-49/h5-6,12-13,16,18,24-27,29,34,38H,4,7-11,14-15,17,19-23,28,42H2,1-3H3,(H2,44,45,46,52)/p+1/b35-24-. The summed E-state index contributed by atoms with van der Waals surface area (Å²) in [5.74, 6) is 2.29. The Balaban J connectivity index is 0.986. The van der Waals surface area contributed by atoms with Gasteiger partial charge in [-0.05, 0) is 81.0 Å². The summed E-state index contributed by atoms with van der Waals surface area (Å²) in [5, 5.41) is 18.4. The number of nitrogens with one attached hydrogen (secondary N) is 1. The van der Waals surface area contributed by atoms with Gasteiger partial charge >= 0.3 is 6.03 Å². The Labute approximate surface area is 323 Å². The van der Waals surface area contributed by atoms with E-state index >= 15 is 0 Å². The van der Waals surface area contributed by atoms with E-state index in [0.717, 1.165) is 86.8 Å². The maximum atomic E-state index is 13.6. The van der Waals surface area contributed by atoms with Crippen LogP contribution in [0.2, 0.25) is 0 Å². The average Bonchev–Trinajstić information content (AvgIpc) is 3.83. The number of fused-ring (bicyclic) bond motifs is 2. The van der Waals surface area contributed by atoms with E-state index in [-0.39, 0.29) is 23.7 Å². The zero-order valence-corrected chi connectivity index (χ0v) is 32.5. The molecule has 3 aliphatic rings. The summed E-state index contributed by atoms with van der Waals surface area (Å²) in [5.41, 5.74) is 10.7. The van der Waals surface area contributed by atoms with Crippen molar-refractivity contribution >= 4 is 29.1 Å². The van der Waals surface area contributed by atoms with Crippen molar-refractivity contribution in [2.45, 2.75) is 103 Å². The number of aryl methyl sites for hydroxylation is 1. The molecule has 0 spiro atoms. The molecule has 2 aliphatic heterocycles. The minimum atomic E-state index is -0.417. The number of amidine groups is 1. The molecule has 2 fully saturated rings. The predicted molar refractivity (Wildman–Crippen MR) is 211 cm³/mol. The third-order valence-corrected chi connectivity index (χ3v) is 10.7. The monoisotopic (exact) mass is 753 g/mol. The molecule has 0 bridgehead atoms. The molecular weight excluding hydrogens is 697 g/mol. The van der Waals surface area contributed by atoms with Gasteiger partial charge in [-0.2, -0.15) is 5.10 Å². The van der Waals surface area contributed by atoms with Crippen LogP contribution in [0.4, 0.5) is 16.4 Å². The van der Waals surface area contributed by atoms with E-state index in [2.05, 4.69) is 42.6 Å². The Bertz CT molecular complexity index is 1950. The fourth-order valence-electron chi connectivity index (χ4n) is 7.46. The van der Waals surface area contributed by atoms with Gasteiger partial charge in [0.1, 0.15) is 11.9 Å². The van der Waals surface area contributed by atoms with Crippen molar-refractivity contribution in [2.75, 3.05) is 37.8 Å². The lowest BCUT2D eigenvalue weighted by Crippen LogP contribution is -2.82. The molecule has 1 aliphatic carbocycles. The first kappa shape index (κ1) is 38.5. The largest absolute Gasteiger partial charge is 0.491 e. The SMILES string of the molecule is CC(C)(C)/C(N)=C/C(=N\C(=O)NC1CCC(COc2ccc3nnc(N4CCCCC4)n3c2)c2ccccc21)[NH2+]c1cnn(CCCOC2CCCCO2)c1. The van der Waals surface area contributed by atoms with E-state index in [1.165, 1.54) is 24.8 Å². The summed E-state index contributed by atoms with van der Waals surface area (Å²) in [6.07, 6.45) is 16.6. The van der Waals surface area contributed by atoms with E-state index in [1.54, 1.807) is 12.3 Å². The van der Waals surface area contributed by atoms with E-state index in [1.807, 2.05) is 71.8 Å². The Hall–Kier alpha value is -4.79. The topological polar surface area (TPSA) is 163 Å². The zero-order chi connectivity index (χ0) is 38.2. The Morgan fingerprint density at radius 1 is 1.04 bits per heavy atom. The molecule has 3 atom stereocenters. The molecule has 4 aromatic rings. The van der Waals surface area contributed by atoms with Crippen LogP contribution in [0.5, 0.6) is 5.75 Å². The molecule has 2 amide bonds. The van der Waals surface area contributed by atoms with Crippen LogP contribution in [0.15, 0.2) is 71.8 Å². The number of carbonyl (C=O) groups excluding carboxylic acids is 1. The minimum Gasteiger partial charge on any atom is -0.491 e. The number of benzene rings is 1. The molecule has 294 valence electrons. The smallest absolute Gasteiger partial charge is 0.346 e. The number of quaternary nitrogens is 1. The number of urea groups is 1. The van der Waals surface area contributed by atoms with Gasteiger partial charge in [-0.3, -0.25) is 14.4 Å². The van der Waals surface area contributed by atoms with Crippen molar-refractivity contribution < 1.29 is 24.3 Å². The predicted octanol–water partition coefficient (Wildman–Crippen LogP) is 5.74. The van der Waals surface area contributed by atoms with Gasteiger partial charge in [0.2, 0.25) is 11.8 Å². The molecule has 0 saturated carbocycles. The van der Waals surface area contributed by atoms with Crippen LogP contribution in [-0.2, 0) is 16.0 Å². The van der Waals surface area contributed by atoms with Crippen molar-refractivity contribution in [2.24, 2.45) is 16.1 Å². The number of hydrogen-bond donors (Lipinski definition) is 3. The van der Waals surface area contributed by atoms with E-state index in [0.29, 0.717) is 31.3 Å². The number of allylic oxidation sites excluding steroid dienone is 1. The van der Waals surface area contributed by atoms with Gasteiger partial charge in [0.05, 0.1) is 31.6 Å². The van der Waals surface area contributed by atoms with Crippen molar-refractivity contribution in [3.05, 3.63) is 77.9 Å². The summed E-state index contributed by atoms with van der Waals surface area (Å²) in [6, 6.07) is 11.6. The van der Waals surface area contributed by atoms with Crippen molar-refractivity contribution in [3.8, 4) is 5.75 Å². The summed E-state index contributed by atoms with van der Waals surface area (Å²) in [6.45, 7) is 10.7. The fraction of sp³-hybridized carbons (Fsp3) is 0.537. The maximum Gasteiger partial charge on any atom is 0.346 e. The second-order valence-corrected chi connectivity index (χ2v) is 15.9. The molecule has 2 saturated heterocycles. The third-order valence-electron chi connectivity index (χ3n) is 10.7. The highest BCUT2D eigenvalue weighted by Gasteiger charge is 2.29. The minimum absolute atomic E-state index is 0.0939. The van der Waals surface area contributed by atoms with Crippen LogP contribution < -0.4 is 26.0 Å². The molecule has 14 nitrogen and oxygen atoms in total. The highest BCUT2D eigenvalue weighted by Crippen LogP contribution is 2.38. The second-order valence-electron chi connectivity index (χ2n) is 15.9. The molecule has 55 heavy (non-hydrogen) atoms. The molecule has 3 unspecified atom stereocenters. The van der Waals surface area contributed by atoms with E-state index < -0.39 is 6.03 Å². The molecular formula is C41H57N10O4+. The number of amides is 2. The molecule has 5 N–H and O–H groups in total. The van der Waals surface area contributed by atoms with Crippen molar-refractivity contribution in [3.63, 3.8) is 0 Å². The van der Waals surface area contributed by atoms with Gasteiger partial charge in [0.15, 0.2) is 17.6 Å². The fourth-order valence-corrected chi connectivity index (χ4v) is 7.46. The number of nitrogens with zero attached hydrogens (tertiary/aromatic N) is 7. The summed E-state index contributed by atoms with van der Waals surface area (Å²) in [7, 11) is 0. The lowest BCUT2D eigenvalue weighted by Gasteiger charge is -2.31. The van der Waals surface area contributed by atoms with Crippen LogP contribution >= 0.6 is 0 Å². The van der Waals surface area contributed by atoms with Crippen molar-refractivity contribution in [1.82, 2.24) is 29.7 Å². The van der Waals surface area contributed by atoms with Crippen LogP contribution in [0.25, 0.3) is 5.65 Å². The number of rotatable bonds is 12. The van der Waals surface area contributed by atoms with E-state index in [4.69, 9.17) is 19.9 Å². The Morgan fingerprint density at radius 3 is 2.67 bits per heavy atom. The molecule has 14 heteroatoms. The van der Waals surface area contributed by atoms with Gasteiger partial charge in [-0.1, -0.05) is 45.0 Å². The van der Waals surface area contributed by atoms with Gasteiger partial charge in [0, 0.05) is 49.3 Å². The summed E-state index contributed by atoms with van der Waals surface area (Å²) >= 11 is 0. The lowest BCUT2D eigenvalue weighted by molar-refractivity contribution is -0.442. The average molecular weight is 754 g/mol. The first-order valence-electron chi connectivity index (χ1n) is 20.0. The van der Waals surface area contributed by atoms with Crippen LogP contribution in [-0.4, -0.2) is 75.4 Å². The van der Waals surface area contributed by atoms with Gasteiger partial charge < -0.3 is 30.2 Å². The van der Waals surface area contributed by atoms with Gasteiger partial charge in [-0.25, -0.2) is 4.79 Å². The number of nitrogens with two attached hydrogens (primary N) is 2.